The quantitative estimate of drug-likeness (QED) is 0.937. The summed E-state index contributed by atoms with van der Waals surface area (Å²) in [5, 5.41) is 4.57. The van der Waals surface area contributed by atoms with Gasteiger partial charge in [0.1, 0.15) is 0 Å². The summed E-state index contributed by atoms with van der Waals surface area (Å²) in [4.78, 5) is 3.99. The van der Waals surface area contributed by atoms with Gasteiger partial charge in [0.15, 0.2) is 0 Å². The summed E-state index contributed by atoms with van der Waals surface area (Å²) >= 11 is 1.92. The number of rotatable bonds is 4. The largest absolute Gasteiger partial charge is 0.374 e. The molecule has 1 N–H and O–H groups in total. The van der Waals surface area contributed by atoms with Crippen molar-refractivity contribution in [3.63, 3.8) is 0 Å². The molecule has 0 radical (unpaired) electrons. The second-order valence-electron chi connectivity index (χ2n) is 5.41. The monoisotopic (exact) mass is 290 g/mol. The van der Waals surface area contributed by atoms with Gasteiger partial charge in [-0.15, -0.1) is 11.3 Å². The zero-order chi connectivity index (χ0) is 13.9. The molecule has 1 saturated heterocycles. The van der Waals surface area contributed by atoms with Gasteiger partial charge in [0.05, 0.1) is 12.7 Å². The fraction of sp³-hybridized carbons (Fsp3) is 0.500. The number of hydrogen-bond acceptors (Lipinski definition) is 4. The molecule has 0 bridgehead atoms. The van der Waals surface area contributed by atoms with Gasteiger partial charge < -0.3 is 10.1 Å². The minimum atomic E-state index is 0.311. The second-order valence-corrected chi connectivity index (χ2v) is 6.52. The number of thiophene rings is 1. The lowest BCUT2D eigenvalue weighted by Crippen LogP contribution is -2.46. The summed E-state index contributed by atoms with van der Waals surface area (Å²) in [7, 11) is 1.98. The van der Waals surface area contributed by atoms with Gasteiger partial charge in [0, 0.05) is 35.3 Å². The highest BCUT2D eigenvalue weighted by Crippen LogP contribution is 2.33. The lowest BCUT2D eigenvalue weighted by Gasteiger charge is -2.36. The molecule has 1 aromatic carbocycles. The van der Waals surface area contributed by atoms with E-state index in [2.05, 4.69) is 47.5 Å². The first-order chi connectivity index (χ1) is 9.78. The topological polar surface area (TPSA) is 24.5 Å². The number of ether oxygens (including phenoxy) is 1. The standard InChI is InChI=1S/C16H22N2OS/c1-12(18-7-8-19-14(11-18)10-17-2)16-9-13-5-3-4-6-15(13)20-16/h3-6,9,12,14,17H,7-8,10-11H2,1-2H3. The van der Waals surface area contributed by atoms with Crippen LogP contribution in [0.25, 0.3) is 10.1 Å². The fourth-order valence-corrected chi connectivity index (χ4v) is 3.98. The van der Waals surface area contributed by atoms with E-state index in [4.69, 9.17) is 4.74 Å². The third-order valence-electron chi connectivity index (χ3n) is 4.01. The molecule has 0 saturated carbocycles. The Kier molecular flexibility index (Phi) is 4.36. The Morgan fingerprint density at radius 3 is 3.10 bits per heavy atom. The Morgan fingerprint density at radius 2 is 2.30 bits per heavy atom. The van der Waals surface area contributed by atoms with Crippen LogP contribution in [0.5, 0.6) is 0 Å². The van der Waals surface area contributed by atoms with E-state index >= 15 is 0 Å². The van der Waals surface area contributed by atoms with Crippen LogP contribution in [0.1, 0.15) is 17.8 Å². The van der Waals surface area contributed by atoms with Crippen molar-refractivity contribution >= 4 is 21.4 Å². The zero-order valence-corrected chi connectivity index (χ0v) is 13.0. The molecule has 2 aromatic rings. The van der Waals surface area contributed by atoms with Crippen LogP contribution in [0.2, 0.25) is 0 Å². The number of benzene rings is 1. The fourth-order valence-electron chi connectivity index (χ4n) is 2.83. The molecule has 20 heavy (non-hydrogen) atoms. The number of nitrogens with one attached hydrogen (secondary N) is 1. The molecule has 108 valence electrons. The minimum Gasteiger partial charge on any atom is -0.374 e. The van der Waals surface area contributed by atoms with Crippen LogP contribution in [0.4, 0.5) is 0 Å². The molecule has 1 aliphatic rings. The van der Waals surface area contributed by atoms with Gasteiger partial charge in [-0.3, -0.25) is 4.90 Å². The Morgan fingerprint density at radius 1 is 1.45 bits per heavy atom. The summed E-state index contributed by atoms with van der Waals surface area (Å²) in [5.41, 5.74) is 0. The lowest BCUT2D eigenvalue weighted by molar-refractivity contribution is -0.0388. The predicted octanol–water partition coefficient (Wildman–Crippen LogP) is 2.88. The molecule has 3 rings (SSSR count). The van der Waals surface area contributed by atoms with Crippen molar-refractivity contribution in [3.8, 4) is 0 Å². The molecular weight excluding hydrogens is 268 g/mol. The first-order valence-corrected chi connectivity index (χ1v) is 8.08. The van der Waals surface area contributed by atoms with Crippen molar-refractivity contribution < 1.29 is 4.74 Å². The molecule has 2 heterocycles. The highest BCUT2D eigenvalue weighted by molar-refractivity contribution is 7.19. The molecule has 2 atom stereocenters. The molecule has 1 aromatic heterocycles. The van der Waals surface area contributed by atoms with E-state index in [0.29, 0.717) is 12.1 Å². The van der Waals surface area contributed by atoms with Crippen LogP contribution in [0.3, 0.4) is 0 Å². The normalized spacial score (nSPS) is 22.2. The third kappa shape index (κ3) is 2.88. The Labute approximate surface area is 124 Å². The van der Waals surface area contributed by atoms with E-state index in [1.165, 1.54) is 15.0 Å². The zero-order valence-electron chi connectivity index (χ0n) is 12.1. The maximum absolute atomic E-state index is 5.79. The Hall–Kier alpha value is -0.940. The van der Waals surface area contributed by atoms with Crippen molar-refractivity contribution in [3.05, 3.63) is 35.2 Å². The number of fused-ring (bicyclic) bond motifs is 1. The van der Waals surface area contributed by atoms with Crippen molar-refractivity contribution in [2.24, 2.45) is 0 Å². The van der Waals surface area contributed by atoms with Crippen molar-refractivity contribution in [2.75, 3.05) is 33.3 Å². The Balaban J connectivity index is 1.75. The molecule has 1 fully saturated rings. The van der Waals surface area contributed by atoms with Gasteiger partial charge in [-0.05, 0) is 31.5 Å². The van der Waals surface area contributed by atoms with E-state index in [1.807, 2.05) is 18.4 Å². The summed E-state index contributed by atoms with van der Waals surface area (Å²) < 4.78 is 7.18. The molecule has 2 unspecified atom stereocenters. The van der Waals surface area contributed by atoms with Crippen LogP contribution in [0, 0.1) is 0 Å². The van der Waals surface area contributed by atoms with Crippen LogP contribution >= 0.6 is 11.3 Å². The van der Waals surface area contributed by atoms with Gasteiger partial charge >= 0.3 is 0 Å². The highest BCUT2D eigenvalue weighted by atomic mass is 32.1. The van der Waals surface area contributed by atoms with E-state index in [-0.39, 0.29) is 0 Å². The number of morpholine rings is 1. The summed E-state index contributed by atoms with van der Waals surface area (Å²) in [6.45, 7) is 6.11. The van der Waals surface area contributed by atoms with E-state index in [1.54, 1.807) is 0 Å². The predicted molar refractivity (Wildman–Crippen MR) is 85.5 cm³/mol. The highest BCUT2D eigenvalue weighted by Gasteiger charge is 2.25. The van der Waals surface area contributed by atoms with E-state index in [0.717, 1.165) is 26.2 Å². The smallest absolute Gasteiger partial charge is 0.0826 e. The van der Waals surface area contributed by atoms with Crippen molar-refractivity contribution in [1.29, 1.82) is 0 Å². The van der Waals surface area contributed by atoms with E-state index < -0.39 is 0 Å². The molecule has 3 nitrogen and oxygen atoms in total. The Bertz CT molecular complexity index is 533. The molecule has 1 aliphatic heterocycles. The molecule has 0 spiro atoms. The van der Waals surface area contributed by atoms with Crippen molar-refractivity contribution in [2.45, 2.75) is 19.1 Å². The number of likely N-dealkylation sites (N-methyl/N-ethyl adjacent to an activating group) is 1. The maximum atomic E-state index is 5.79. The van der Waals surface area contributed by atoms with Gasteiger partial charge in [0.25, 0.3) is 0 Å². The molecule has 4 heteroatoms. The second kappa shape index (κ2) is 6.22. The van der Waals surface area contributed by atoms with Crippen LogP contribution in [-0.4, -0.2) is 44.3 Å². The number of nitrogens with zero attached hydrogens (tertiary/aromatic N) is 1. The first-order valence-electron chi connectivity index (χ1n) is 7.26. The summed E-state index contributed by atoms with van der Waals surface area (Å²) in [6.07, 6.45) is 0.311. The molecule has 0 aliphatic carbocycles. The van der Waals surface area contributed by atoms with Crippen molar-refractivity contribution in [1.82, 2.24) is 10.2 Å². The van der Waals surface area contributed by atoms with Crippen LogP contribution in [-0.2, 0) is 4.74 Å². The number of hydrogen-bond donors (Lipinski definition) is 1. The third-order valence-corrected chi connectivity index (χ3v) is 5.29. The van der Waals surface area contributed by atoms with Gasteiger partial charge in [-0.25, -0.2) is 0 Å². The summed E-state index contributed by atoms with van der Waals surface area (Å²) in [6, 6.07) is 11.4. The first kappa shape index (κ1) is 14.0. The average Bonchev–Trinajstić information content (AvgIpc) is 2.91. The van der Waals surface area contributed by atoms with Crippen LogP contribution < -0.4 is 5.32 Å². The van der Waals surface area contributed by atoms with Gasteiger partial charge in [0.2, 0.25) is 0 Å². The maximum Gasteiger partial charge on any atom is 0.0826 e. The lowest BCUT2D eigenvalue weighted by atomic mass is 10.1. The molecular formula is C16H22N2OS. The van der Waals surface area contributed by atoms with Gasteiger partial charge in [-0.1, -0.05) is 18.2 Å². The summed E-state index contributed by atoms with van der Waals surface area (Å²) in [5.74, 6) is 0. The van der Waals surface area contributed by atoms with Gasteiger partial charge in [-0.2, -0.15) is 0 Å². The SMILES string of the molecule is CNCC1CN(C(C)c2cc3ccccc3s2)CCO1. The minimum absolute atomic E-state index is 0.311. The van der Waals surface area contributed by atoms with Crippen LogP contribution in [0.15, 0.2) is 30.3 Å². The van der Waals surface area contributed by atoms with E-state index in [9.17, 15) is 0 Å². The average molecular weight is 290 g/mol. The molecule has 0 amide bonds.